The van der Waals surface area contributed by atoms with Gasteiger partial charge in [0.1, 0.15) is 6.04 Å². The van der Waals surface area contributed by atoms with Crippen molar-refractivity contribution in [2.45, 2.75) is 18.4 Å². The lowest BCUT2D eigenvalue weighted by atomic mass is 9.90. The van der Waals surface area contributed by atoms with E-state index in [2.05, 4.69) is 27.9 Å². The van der Waals surface area contributed by atoms with Crippen LogP contribution in [0.1, 0.15) is 22.6 Å². The van der Waals surface area contributed by atoms with Gasteiger partial charge in [0.05, 0.1) is 13.0 Å². The molecule has 0 bridgehead atoms. The van der Waals surface area contributed by atoms with Crippen LogP contribution in [0.25, 0.3) is 0 Å². The van der Waals surface area contributed by atoms with Gasteiger partial charge in [-0.05, 0) is 51.4 Å². The molecule has 3 aromatic rings. The van der Waals surface area contributed by atoms with E-state index in [0.717, 1.165) is 20.3 Å². The van der Waals surface area contributed by atoms with Crippen LogP contribution in [0.3, 0.4) is 0 Å². The minimum absolute atomic E-state index is 0.233. The molecule has 0 saturated heterocycles. The van der Waals surface area contributed by atoms with Crippen molar-refractivity contribution in [3.8, 4) is 0 Å². The summed E-state index contributed by atoms with van der Waals surface area (Å²) in [6.07, 6.45) is 0.367. The Bertz CT molecular complexity index is 921. The summed E-state index contributed by atoms with van der Waals surface area (Å²) in [4.78, 5) is 25.7. The SMILES string of the molecule is COC(=O)[C@@H](Cc1cccc(I)c1)NC(=O)C(c1ccccc1)c1ccccc1. The lowest BCUT2D eigenvalue weighted by Gasteiger charge is -2.22. The predicted molar refractivity (Wildman–Crippen MR) is 122 cm³/mol. The Labute approximate surface area is 184 Å². The Morgan fingerprint density at radius 1 is 0.897 bits per heavy atom. The third kappa shape index (κ3) is 5.67. The highest BCUT2D eigenvalue weighted by molar-refractivity contribution is 14.1. The number of benzene rings is 3. The van der Waals surface area contributed by atoms with E-state index in [-0.39, 0.29) is 5.91 Å². The molecule has 5 heteroatoms. The van der Waals surface area contributed by atoms with Crippen LogP contribution in [0, 0.1) is 3.57 Å². The van der Waals surface area contributed by atoms with Gasteiger partial charge >= 0.3 is 5.97 Å². The van der Waals surface area contributed by atoms with E-state index in [4.69, 9.17) is 4.74 Å². The van der Waals surface area contributed by atoms with Gasteiger partial charge in [-0.25, -0.2) is 4.79 Å². The first-order chi connectivity index (χ1) is 14.1. The van der Waals surface area contributed by atoms with Crippen molar-refractivity contribution in [3.63, 3.8) is 0 Å². The molecule has 0 unspecified atom stereocenters. The molecule has 3 aromatic carbocycles. The Morgan fingerprint density at radius 3 is 2.00 bits per heavy atom. The molecule has 0 radical (unpaired) electrons. The third-order valence-electron chi connectivity index (χ3n) is 4.66. The average Bonchev–Trinajstić information content (AvgIpc) is 2.74. The second-order valence-corrected chi connectivity index (χ2v) is 7.92. The fraction of sp³-hybridized carbons (Fsp3) is 0.167. The van der Waals surface area contributed by atoms with E-state index in [1.807, 2.05) is 84.9 Å². The molecule has 1 amide bonds. The lowest BCUT2D eigenvalue weighted by Crippen LogP contribution is -2.45. The van der Waals surface area contributed by atoms with E-state index in [1.165, 1.54) is 7.11 Å². The topological polar surface area (TPSA) is 55.4 Å². The van der Waals surface area contributed by atoms with Gasteiger partial charge in [0, 0.05) is 9.99 Å². The van der Waals surface area contributed by atoms with E-state index < -0.39 is 17.9 Å². The summed E-state index contributed by atoms with van der Waals surface area (Å²) in [7, 11) is 1.34. The van der Waals surface area contributed by atoms with Crippen molar-refractivity contribution < 1.29 is 14.3 Å². The molecule has 0 heterocycles. The minimum atomic E-state index is -0.763. The van der Waals surface area contributed by atoms with Crippen molar-refractivity contribution in [1.82, 2.24) is 5.32 Å². The van der Waals surface area contributed by atoms with Crippen molar-refractivity contribution >= 4 is 34.5 Å². The third-order valence-corrected chi connectivity index (χ3v) is 5.33. The first-order valence-corrected chi connectivity index (χ1v) is 10.4. The van der Waals surface area contributed by atoms with Gasteiger partial charge in [-0.2, -0.15) is 0 Å². The van der Waals surface area contributed by atoms with Crippen molar-refractivity contribution in [2.75, 3.05) is 7.11 Å². The van der Waals surface area contributed by atoms with Gasteiger partial charge in [0.2, 0.25) is 5.91 Å². The van der Waals surface area contributed by atoms with Crippen LogP contribution >= 0.6 is 22.6 Å². The lowest BCUT2D eigenvalue weighted by molar-refractivity contribution is -0.145. The highest BCUT2D eigenvalue weighted by Gasteiger charge is 2.28. The van der Waals surface area contributed by atoms with Crippen LogP contribution in [-0.2, 0) is 20.7 Å². The molecule has 1 atom stereocenters. The molecule has 0 saturated carbocycles. The van der Waals surface area contributed by atoms with Crippen molar-refractivity contribution in [2.24, 2.45) is 0 Å². The van der Waals surface area contributed by atoms with Crippen molar-refractivity contribution in [1.29, 1.82) is 0 Å². The maximum atomic E-state index is 13.3. The number of hydrogen-bond acceptors (Lipinski definition) is 3. The summed E-state index contributed by atoms with van der Waals surface area (Å²) in [5.41, 5.74) is 2.70. The first-order valence-electron chi connectivity index (χ1n) is 9.31. The zero-order chi connectivity index (χ0) is 20.6. The van der Waals surface area contributed by atoms with Crippen LogP contribution < -0.4 is 5.32 Å². The molecule has 0 aliphatic carbocycles. The monoisotopic (exact) mass is 499 g/mol. The number of hydrogen-bond donors (Lipinski definition) is 1. The fourth-order valence-corrected chi connectivity index (χ4v) is 3.88. The van der Waals surface area contributed by atoms with Crippen LogP contribution in [0.15, 0.2) is 84.9 Å². The minimum Gasteiger partial charge on any atom is -0.467 e. The van der Waals surface area contributed by atoms with E-state index in [1.54, 1.807) is 0 Å². The van der Waals surface area contributed by atoms with Crippen LogP contribution in [0.5, 0.6) is 0 Å². The number of carbonyl (C=O) groups excluding carboxylic acids is 2. The summed E-state index contributed by atoms with van der Waals surface area (Å²) in [6, 6.07) is 26.2. The van der Waals surface area contributed by atoms with Crippen LogP contribution in [-0.4, -0.2) is 25.0 Å². The quantitative estimate of drug-likeness (QED) is 0.389. The van der Waals surface area contributed by atoms with Gasteiger partial charge in [0.25, 0.3) is 0 Å². The smallest absolute Gasteiger partial charge is 0.328 e. The van der Waals surface area contributed by atoms with E-state index in [9.17, 15) is 9.59 Å². The number of methoxy groups -OCH3 is 1. The molecule has 0 fully saturated rings. The molecular weight excluding hydrogens is 477 g/mol. The number of ether oxygens (including phenoxy) is 1. The van der Waals surface area contributed by atoms with E-state index in [0.29, 0.717) is 6.42 Å². The Hall–Kier alpha value is -2.67. The number of halogens is 1. The van der Waals surface area contributed by atoms with Gasteiger partial charge in [-0.15, -0.1) is 0 Å². The van der Waals surface area contributed by atoms with Crippen LogP contribution in [0.4, 0.5) is 0 Å². The molecule has 3 rings (SSSR count). The zero-order valence-corrected chi connectivity index (χ0v) is 18.2. The summed E-state index contributed by atoms with van der Waals surface area (Å²) in [5, 5.41) is 2.92. The molecular formula is C24H22INO3. The fourth-order valence-electron chi connectivity index (χ4n) is 3.28. The molecule has 0 spiro atoms. The average molecular weight is 499 g/mol. The number of carbonyl (C=O) groups is 2. The molecule has 0 aromatic heterocycles. The molecule has 4 nitrogen and oxygen atoms in total. The number of amides is 1. The maximum absolute atomic E-state index is 13.3. The van der Waals surface area contributed by atoms with Gasteiger partial charge in [0.15, 0.2) is 0 Å². The summed E-state index contributed by atoms with van der Waals surface area (Å²) in [6.45, 7) is 0. The second kappa shape index (κ2) is 10.2. The number of rotatable bonds is 7. The number of esters is 1. The molecule has 29 heavy (non-hydrogen) atoms. The molecule has 1 N–H and O–H groups in total. The van der Waals surface area contributed by atoms with Crippen molar-refractivity contribution in [3.05, 3.63) is 105 Å². The normalized spacial score (nSPS) is 11.7. The predicted octanol–water partition coefficient (Wildman–Crippen LogP) is 4.32. The molecule has 148 valence electrons. The van der Waals surface area contributed by atoms with Gasteiger partial charge in [-0.3, -0.25) is 4.79 Å². The van der Waals surface area contributed by atoms with Gasteiger partial charge in [-0.1, -0.05) is 72.8 Å². The van der Waals surface area contributed by atoms with E-state index >= 15 is 0 Å². The molecule has 0 aliphatic heterocycles. The Morgan fingerprint density at radius 2 is 1.48 bits per heavy atom. The highest BCUT2D eigenvalue weighted by atomic mass is 127. The van der Waals surface area contributed by atoms with Gasteiger partial charge < -0.3 is 10.1 Å². The maximum Gasteiger partial charge on any atom is 0.328 e. The Balaban J connectivity index is 1.88. The van der Waals surface area contributed by atoms with Crippen LogP contribution in [0.2, 0.25) is 0 Å². The first kappa shape index (κ1) is 21.0. The highest BCUT2D eigenvalue weighted by Crippen LogP contribution is 2.25. The zero-order valence-electron chi connectivity index (χ0n) is 16.0. The Kier molecular flexibility index (Phi) is 7.41. The number of nitrogens with one attached hydrogen (secondary N) is 1. The summed E-state index contributed by atoms with van der Waals surface area (Å²) >= 11 is 2.23. The largest absolute Gasteiger partial charge is 0.467 e. The standard InChI is InChI=1S/C24H22INO3/c1-29-24(28)21(16-17-9-8-14-20(25)15-17)26-23(27)22(18-10-4-2-5-11-18)19-12-6-3-7-13-19/h2-15,21-22H,16H2,1H3,(H,26,27)/t21-/m1/s1. The second-order valence-electron chi connectivity index (χ2n) is 6.67. The summed E-state index contributed by atoms with van der Waals surface area (Å²) < 4.78 is 6.02. The molecule has 0 aliphatic rings. The summed E-state index contributed by atoms with van der Waals surface area (Å²) in [5.74, 6) is -1.21.